The standard InChI is InChI=1S/C19H14Cl2N2O4/c1-11(19(25)22-14-9-12(20)8-13(21)10-14)26-18(24)7-6-17-23-15-4-2-3-5-16(15)27-17/h2-11H,1H3,(H,22,25)/b7-6+/t11-/m1/s1. The van der Waals surface area contributed by atoms with Crippen LogP contribution >= 0.6 is 23.2 Å². The number of hydrogen-bond donors (Lipinski definition) is 1. The molecule has 0 aliphatic carbocycles. The number of anilines is 1. The molecule has 6 nitrogen and oxygen atoms in total. The van der Waals surface area contributed by atoms with Gasteiger partial charge in [-0.25, -0.2) is 9.78 Å². The van der Waals surface area contributed by atoms with Crippen LogP contribution in [0.25, 0.3) is 17.2 Å². The smallest absolute Gasteiger partial charge is 0.331 e. The average Bonchev–Trinajstić information content (AvgIpc) is 3.02. The number of rotatable bonds is 5. The van der Waals surface area contributed by atoms with Crippen LogP contribution < -0.4 is 5.32 Å². The van der Waals surface area contributed by atoms with Gasteiger partial charge in [-0.3, -0.25) is 4.79 Å². The lowest BCUT2D eigenvalue weighted by atomic mass is 10.3. The van der Waals surface area contributed by atoms with Crippen LogP contribution in [-0.4, -0.2) is 23.0 Å². The van der Waals surface area contributed by atoms with Crippen molar-refractivity contribution in [2.24, 2.45) is 0 Å². The maximum absolute atomic E-state index is 12.1. The fourth-order valence-electron chi connectivity index (χ4n) is 2.24. The van der Waals surface area contributed by atoms with E-state index in [9.17, 15) is 9.59 Å². The normalized spacial score (nSPS) is 12.3. The molecule has 1 heterocycles. The zero-order valence-corrected chi connectivity index (χ0v) is 15.6. The van der Waals surface area contributed by atoms with E-state index in [1.54, 1.807) is 18.2 Å². The minimum Gasteiger partial charge on any atom is -0.449 e. The van der Waals surface area contributed by atoms with Gasteiger partial charge >= 0.3 is 5.97 Å². The van der Waals surface area contributed by atoms with Crippen LogP contribution in [0.3, 0.4) is 0 Å². The number of esters is 1. The highest BCUT2D eigenvalue weighted by atomic mass is 35.5. The number of carbonyl (C=O) groups excluding carboxylic acids is 2. The van der Waals surface area contributed by atoms with Gasteiger partial charge in [-0.1, -0.05) is 35.3 Å². The van der Waals surface area contributed by atoms with Gasteiger partial charge < -0.3 is 14.5 Å². The summed E-state index contributed by atoms with van der Waals surface area (Å²) in [6, 6.07) is 11.8. The van der Waals surface area contributed by atoms with Gasteiger partial charge in [0.25, 0.3) is 5.91 Å². The zero-order chi connectivity index (χ0) is 19.4. The average molecular weight is 405 g/mol. The van der Waals surface area contributed by atoms with Crippen LogP contribution in [0.1, 0.15) is 12.8 Å². The van der Waals surface area contributed by atoms with Crippen LogP contribution in [0.4, 0.5) is 5.69 Å². The Hall–Kier alpha value is -2.83. The number of ether oxygens (including phenoxy) is 1. The van der Waals surface area contributed by atoms with Crippen LogP contribution in [-0.2, 0) is 14.3 Å². The van der Waals surface area contributed by atoms with Gasteiger partial charge in [0.05, 0.1) is 0 Å². The van der Waals surface area contributed by atoms with Gasteiger partial charge in [-0.2, -0.15) is 0 Å². The highest BCUT2D eigenvalue weighted by Crippen LogP contribution is 2.22. The summed E-state index contributed by atoms with van der Waals surface area (Å²) in [4.78, 5) is 28.2. The molecule has 27 heavy (non-hydrogen) atoms. The molecule has 1 amide bonds. The summed E-state index contributed by atoms with van der Waals surface area (Å²) < 4.78 is 10.5. The van der Waals surface area contributed by atoms with Crippen molar-refractivity contribution < 1.29 is 18.7 Å². The Labute approximate surface area is 164 Å². The fraction of sp³-hybridized carbons (Fsp3) is 0.105. The molecule has 0 spiro atoms. The molecule has 3 rings (SSSR count). The second kappa shape index (κ2) is 8.24. The third-order valence-corrected chi connectivity index (χ3v) is 3.90. The molecule has 138 valence electrons. The Bertz CT molecular complexity index is 976. The summed E-state index contributed by atoms with van der Waals surface area (Å²) in [6.07, 6.45) is 1.50. The second-order valence-electron chi connectivity index (χ2n) is 5.58. The highest BCUT2D eigenvalue weighted by Gasteiger charge is 2.17. The predicted octanol–water partition coefficient (Wildman–Crippen LogP) is 4.72. The van der Waals surface area contributed by atoms with E-state index in [-0.39, 0.29) is 5.89 Å². The Kier molecular flexibility index (Phi) is 5.78. The minimum absolute atomic E-state index is 0.263. The first-order valence-electron chi connectivity index (χ1n) is 7.92. The quantitative estimate of drug-likeness (QED) is 0.491. The van der Waals surface area contributed by atoms with Crippen molar-refractivity contribution in [2.75, 3.05) is 5.32 Å². The van der Waals surface area contributed by atoms with Crippen LogP contribution in [0.2, 0.25) is 10.0 Å². The molecule has 0 bridgehead atoms. The summed E-state index contributed by atoms with van der Waals surface area (Å²) in [6.45, 7) is 1.45. The molecule has 2 aromatic carbocycles. The third-order valence-electron chi connectivity index (χ3n) is 3.46. The summed E-state index contributed by atoms with van der Waals surface area (Å²) in [5.74, 6) is -0.959. The lowest BCUT2D eigenvalue weighted by molar-refractivity contribution is -0.148. The molecule has 1 N–H and O–H groups in total. The number of halogens is 2. The first-order chi connectivity index (χ1) is 12.9. The Morgan fingerprint density at radius 2 is 1.89 bits per heavy atom. The van der Waals surface area contributed by atoms with Crippen molar-refractivity contribution >= 4 is 57.9 Å². The Morgan fingerprint density at radius 3 is 2.59 bits per heavy atom. The molecular weight excluding hydrogens is 391 g/mol. The van der Waals surface area contributed by atoms with Gasteiger partial charge in [-0.05, 0) is 37.3 Å². The number of oxazole rings is 1. The zero-order valence-electron chi connectivity index (χ0n) is 14.1. The Balaban J connectivity index is 1.58. The lowest BCUT2D eigenvalue weighted by Gasteiger charge is -2.12. The van der Waals surface area contributed by atoms with Crippen molar-refractivity contribution in [3.63, 3.8) is 0 Å². The third kappa shape index (κ3) is 5.09. The molecule has 0 saturated carbocycles. The van der Waals surface area contributed by atoms with E-state index in [1.807, 2.05) is 12.1 Å². The fourth-order valence-corrected chi connectivity index (χ4v) is 2.76. The number of amides is 1. The van der Waals surface area contributed by atoms with E-state index < -0.39 is 18.0 Å². The summed E-state index contributed by atoms with van der Waals surface area (Å²) in [7, 11) is 0. The molecule has 1 atom stereocenters. The Morgan fingerprint density at radius 1 is 1.19 bits per heavy atom. The minimum atomic E-state index is -1.02. The van der Waals surface area contributed by atoms with Gasteiger partial charge in [0, 0.05) is 27.9 Å². The van der Waals surface area contributed by atoms with Crippen LogP contribution in [0.5, 0.6) is 0 Å². The van der Waals surface area contributed by atoms with Crippen molar-refractivity contribution in [1.29, 1.82) is 0 Å². The van der Waals surface area contributed by atoms with Gasteiger partial charge in [-0.15, -0.1) is 0 Å². The highest BCUT2D eigenvalue weighted by molar-refractivity contribution is 6.35. The van der Waals surface area contributed by atoms with E-state index in [0.717, 1.165) is 6.08 Å². The van der Waals surface area contributed by atoms with Crippen LogP contribution in [0, 0.1) is 0 Å². The molecule has 3 aromatic rings. The van der Waals surface area contributed by atoms with Gasteiger partial charge in [0.15, 0.2) is 11.7 Å². The van der Waals surface area contributed by atoms with E-state index in [1.165, 1.54) is 25.1 Å². The van der Waals surface area contributed by atoms with Crippen LogP contribution in [0.15, 0.2) is 53.0 Å². The number of hydrogen-bond acceptors (Lipinski definition) is 5. The van der Waals surface area contributed by atoms with Gasteiger partial charge in [0.1, 0.15) is 5.52 Å². The van der Waals surface area contributed by atoms with Crippen molar-refractivity contribution in [3.05, 3.63) is 64.5 Å². The summed E-state index contributed by atoms with van der Waals surface area (Å²) >= 11 is 11.8. The van der Waals surface area contributed by atoms with Crippen molar-refractivity contribution in [3.8, 4) is 0 Å². The number of nitrogens with one attached hydrogen (secondary N) is 1. The predicted molar refractivity (Wildman–Crippen MR) is 104 cm³/mol. The first kappa shape index (κ1) is 18.9. The monoisotopic (exact) mass is 404 g/mol. The second-order valence-corrected chi connectivity index (χ2v) is 6.45. The molecular formula is C19H14Cl2N2O4. The van der Waals surface area contributed by atoms with E-state index >= 15 is 0 Å². The van der Waals surface area contributed by atoms with Crippen molar-refractivity contribution in [2.45, 2.75) is 13.0 Å². The van der Waals surface area contributed by atoms with Gasteiger partial charge in [0.2, 0.25) is 5.89 Å². The lowest BCUT2D eigenvalue weighted by Crippen LogP contribution is -2.29. The molecule has 0 aliphatic rings. The molecule has 8 heteroatoms. The van der Waals surface area contributed by atoms with E-state index in [0.29, 0.717) is 26.8 Å². The number of benzene rings is 2. The number of para-hydroxylation sites is 2. The van der Waals surface area contributed by atoms with E-state index in [4.69, 9.17) is 32.4 Å². The SMILES string of the molecule is C[C@@H](OC(=O)/C=C/c1nc2ccccc2o1)C(=O)Nc1cc(Cl)cc(Cl)c1. The molecule has 0 aliphatic heterocycles. The number of aromatic nitrogens is 1. The van der Waals surface area contributed by atoms with Crippen molar-refractivity contribution in [1.82, 2.24) is 4.98 Å². The topological polar surface area (TPSA) is 81.4 Å². The number of fused-ring (bicyclic) bond motifs is 1. The maximum atomic E-state index is 12.1. The molecule has 0 radical (unpaired) electrons. The maximum Gasteiger partial charge on any atom is 0.331 e. The number of nitrogens with zero attached hydrogens (tertiary/aromatic N) is 1. The number of carbonyl (C=O) groups is 2. The first-order valence-corrected chi connectivity index (χ1v) is 8.67. The summed E-state index contributed by atoms with van der Waals surface area (Å²) in [5.41, 5.74) is 1.69. The largest absolute Gasteiger partial charge is 0.449 e. The summed E-state index contributed by atoms with van der Waals surface area (Å²) in [5, 5.41) is 3.34. The molecule has 0 fully saturated rings. The molecule has 0 saturated heterocycles. The molecule has 0 unspecified atom stereocenters. The van der Waals surface area contributed by atoms with E-state index in [2.05, 4.69) is 10.3 Å². The molecule has 1 aromatic heterocycles.